The summed E-state index contributed by atoms with van der Waals surface area (Å²) in [7, 11) is 0. The van der Waals surface area contributed by atoms with Crippen molar-refractivity contribution in [2.45, 2.75) is 12.8 Å². The van der Waals surface area contributed by atoms with Gasteiger partial charge >= 0.3 is 0 Å². The summed E-state index contributed by atoms with van der Waals surface area (Å²) in [6.45, 7) is 2.20. The van der Waals surface area contributed by atoms with Crippen LogP contribution in [-0.2, 0) is 0 Å². The molecule has 1 amide bonds. The van der Waals surface area contributed by atoms with E-state index < -0.39 is 0 Å². The molecule has 96 valence electrons. The minimum Gasteiger partial charge on any atom is -0.440 e. The molecule has 0 unspecified atom stereocenters. The minimum absolute atomic E-state index is 0. The number of nitrogens with zero attached hydrogens (tertiary/aromatic N) is 1. The highest BCUT2D eigenvalue weighted by Crippen LogP contribution is 2.20. The van der Waals surface area contributed by atoms with E-state index in [0.29, 0.717) is 18.2 Å². The summed E-state index contributed by atoms with van der Waals surface area (Å²) >= 11 is 5.64. The van der Waals surface area contributed by atoms with Crippen molar-refractivity contribution in [1.82, 2.24) is 4.90 Å². The van der Waals surface area contributed by atoms with Crippen molar-refractivity contribution in [3.63, 3.8) is 0 Å². The number of halogens is 2. The Morgan fingerprint density at radius 3 is 2.59 bits per heavy atom. The Kier molecular flexibility index (Phi) is 5.31. The molecule has 1 saturated heterocycles. The van der Waals surface area contributed by atoms with Crippen LogP contribution in [0.4, 0.5) is 0 Å². The average molecular weight is 279 g/mol. The summed E-state index contributed by atoms with van der Waals surface area (Å²) in [5.41, 5.74) is 5.60. The topological polar surface area (TPSA) is 59.5 Å². The lowest BCUT2D eigenvalue weighted by Gasteiger charge is -2.30. The average Bonchev–Trinajstić information content (AvgIpc) is 2.75. The van der Waals surface area contributed by atoms with Crippen molar-refractivity contribution in [3.8, 4) is 0 Å². The Labute approximate surface area is 111 Å². The molecule has 0 spiro atoms. The van der Waals surface area contributed by atoms with E-state index >= 15 is 0 Å². The summed E-state index contributed by atoms with van der Waals surface area (Å²) < 4.78 is 5.10. The molecule has 4 nitrogen and oxygen atoms in total. The van der Waals surface area contributed by atoms with Gasteiger partial charge in [-0.25, -0.2) is 0 Å². The Morgan fingerprint density at radius 2 is 2.12 bits per heavy atom. The van der Waals surface area contributed by atoms with E-state index in [2.05, 4.69) is 0 Å². The van der Waals surface area contributed by atoms with Crippen LogP contribution in [0.2, 0.25) is 5.22 Å². The summed E-state index contributed by atoms with van der Waals surface area (Å²) in [5, 5.41) is 0.250. The molecule has 1 aromatic rings. The number of nitrogens with two attached hydrogens (primary N) is 1. The van der Waals surface area contributed by atoms with Crippen LogP contribution in [0, 0.1) is 5.92 Å². The van der Waals surface area contributed by atoms with E-state index in [9.17, 15) is 4.79 Å². The van der Waals surface area contributed by atoms with Gasteiger partial charge in [0.1, 0.15) is 0 Å². The van der Waals surface area contributed by atoms with Gasteiger partial charge in [0.15, 0.2) is 11.0 Å². The van der Waals surface area contributed by atoms with Gasteiger partial charge in [-0.1, -0.05) is 0 Å². The highest BCUT2D eigenvalue weighted by molar-refractivity contribution is 6.29. The van der Waals surface area contributed by atoms with Crippen molar-refractivity contribution in [1.29, 1.82) is 0 Å². The third-order valence-electron chi connectivity index (χ3n) is 3.02. The number of carbonyl (C=O) groups is 1. The van der Waals surface area contributed by atoms with E-state index in [1.165, 1.54) is 0 Å². The number of rotatable bonds is 2. The highest BCUT2D eigenvalue weighted by Gasteiger charge is 2.24. The second kappa shape index (κ2) is 6.28. The van der Waals surface area contributed by atoms with Crippen molar-refractivity contribution in [2.75, 3.05) is 19.6 Å². The van der Waals surface area contributed by atoms with Crippen molar-refractivity contribution in [3.05, 3.63) is 23.1 Å². The maximum Gasteiger partial charge on any atom is 0.289 e. The number of furan rings is 1. The smallest absolute Gasteiger partial charge is 0.289 e. The van der Waals surface area contributed by atoms with Gasteiger partial charge in [-0.15, -0.1) is 12.4 Å². The quantitative estimate of drug-likeness (QED) is 0.902. The number of hydrogen-bond acceptors (Lipinski definition) is 3. The van der Waals surface area contributed by atoms with Gasteiger partial charge in [-0.05, 0) is 49.0 Å². The molecule has 0 atom stereocenters. The van der Waals surface area contributed by atoms with Crippen LogP contribution >= 0.6 is 24.0 Å². The zero-order valence-corrected chi connectivity index (χ0v) is 11.0. The summed E-state index contributed by atoms with van der Waals surface area (Å²) in [6.07, 6.45) is 1.94. The maximum absolute atomic E-state index is 12.0. The lowest BCUT2D eigenvalue weighted by molar-refractivity contribution is 0.0661. The summed E-state index contributed by atoms with van der Waals surface area (Å²) in [4.78, 5) is 13.7. The second-order valence-electron chi connectivity index (χ2n) is 4.08. The van der Waals surface area contributed by atoms with E-state index in [1.807, 2.05) is 0 Å². The minimum atomic E-state index is -0.0811. The van der Waals surface area contributed by atoms with Gasteiger partial charge in [0.05, 0.1) is 0 Å². The predicted molar refractivity (Wildman–Crippen MR) is 68.6 cm³/mol. The molecule has 1 aliphatic heterocycles. The first-order valence-corrected chi connectivity index (χ1v) is 5.83. The predicted octanol–water partition coefficient (Wildman–Crippen LogP) is 2.17. The molecule has 2 rings (SSSR count). The van der Waals surface area contributed by atoms with Crippen LogP contribution in [0.3, 0.4) is 0 Å². The lowest BCUT2D eigenvalue weighted by atomic mass is 9.97. The third kappa shape index (κ3) is 3.37. The van der Waals surface area contributed by atoms with Crippen LogP contribution in [0.15, 0.2) is 16.5 Å². The Morgan fingerprint density at radius 1 is 1.47 bits per heavy atom. The number of carbonyl (C=O) groups excluding carboxylic acids is 1. The zero-order valence-electron chi connectivity index (χ0n) is 9.39. The number of amides is 1. The molecular formula is C11H16Cl2N2O2. The molecule has 1 fully saturated rings. The molecule has 0 aliphatic carbocycles. The van der Waals surface area contributed by atoms with E-state index in [1.54, 1.807) is 17.0 Å². The normalized spacial score (nSPS) is 16.7. The SMILES string of the molecule is Cl.NCC1CCN(C(=O)c2ccc(Cl)o2)CC1. The monoisotopic (exact) mass is 278 g/mol. The molecule has 17 heavy (non-hydrogen) atoms. The summed E-state index contributed by atoms with van der Waals surface area (Å²) in [5.74, 6) is 0.780. The standard InChI is InChI=1S/C11H15ClN2O2.ClH/c12-10-2-1-9(16-10)11(15)14-5-3-8(7-13)4-6-14;/h1-2,8H,3-7,13H2;1H. The fourth-order valence-corrected chi connectivity index (χ4v) is 2.10. The van der Waals surface area contributed by atoms with Crippen molar-refractivity contribution < 1.29 is 9.21 Å². The van der Waals surface area contributed by atoms with Crippen LogP contribution in [-0.4, -0.2) is 30.4 Å². The van der Waals surface area contributed by atoms with Crippen LogP contribution in [0.1, 0.15) is 23.4 Å². The number of hydrogen-bond donors (Lipinski definition) is 1. The molecular weight excluding hydrogens is 263 g/mol. The fourth-order valence-electron chi connectivity index (χ4n) is 1.96. The van der Waals surface area contributed by atoms with Crippen LogP contribution < -0.4 is 5.73 Å². The maximum atomic E-state index is 12.0. The van der Waals surface area contributed by atoms with Crippen LogP contribution in [0.5, 0.6) is 0 Å². The number of piperidine rings is 1. The first kappa shape index (κ1) is 14.4. The number of likely N-dealkylation sites (tertiary alicyclic amines) is 1. The molecule has 0 bridgehead atoms. The Balaban J connectivity index is 0.00000144. The molecule has 0 saturated carbocycles. The lowest BCUT2D eigenvalue weighted by Crippen LogP contribution is -2.39. The third-order valence-corrected chi connectivity index (χ3v) is 3.22. The molecule has 0 radical (unpaired) electrons. The fraction of sp³-hybridized carbons (Fsp3) is 0.545. The van der Waals surface area contributed by atoms with Gasteiger partial charge in [-0.2, -0.15) is 0 Å². The largest absolute Gasteiger partial charge is 0.440 e. The Hall–Kier alpha value is -0.710. The first-order valence-electron chi connectivity index (χ1n) is 5.45. The second-order valence-corrected chi connectivity index (χ2v) is 4.45. The van der Waals surface area contributed by atoms with Crippen molar-refractivity contribution >= 4 is 29.9 Å². The highest BCUT2D eigenvalue weighted by atomic mass is 35.5. The molecule has 6 heteroatoms. The van der Waals surface area contributed by atoms with E-state index in [0.717, 1.165) is 25.9 Å². The van der Waals surface area contributed by atoms with Gasteiger partial charge in [0, 0.05) is 13.1 Å². The summed E-state index contributed by atoms with van der Waals surface area (Å²) in [6, 6.07) is 3.20. The van der Waals surface area contributed by atoms with E-state index in [4.69, 9.17) is 21.8 Å². The van der Waals surface area contributed by atoms with Crippen LogP contribution in [0.25, 0.3) is 0 Å². The molecule has 0 aromatic carbocycles. The van der Waals surface area contributed by atoms with E-state index in [-0.39, 0.29) is 23.5 Å². The Bertz CT molecular complexity index is 373. The zero-order chi connectivity index (χ0) is 11.5. The van der Waals surface area contributed by atoms with Crippen molar-refractivity contribution in [2.24, 2.45) is 11.7 Å². The van der Waals surface area contributed by atoms with Gasteiger partial charge < -0.3 is 15.1 Å². The molecule has 2 heterocycles. The van der Waals surface area contributed by atoms with Gasteiger partial charge in [0.2, 0.25) is 0 Å². The molecule has 1 aromatic heterocycles. The van der Waals surface area contributed by atoms with Gasteiger partial charge in [-0.3, -0.25) is 4.79 Å². The first-order chi connectivity index (χ1) is 7.70. The van der Waals surface area contributed by atoms with Gasteiger partial charge in [0.25, 0.3) is 5.91 Å². The molecule has 2 N–H and O–H groups in total. The molecule has 1 aliphatic rings.